The van der Waals surface area contributed by atoms with Gasteiger partial charge in [-0.3, -0.25) is 0 Å². The lowest BCUT2D eigenvalue weighted by Gasteiger charge is -2.09. The first-order chi connectivity index (χ1) is 8.58. The highest BCUT2D eigenvalue weighted by molar-refractivity contribution is 9.10. The predicted octanol–water partition coefficient (Wildman–Crippen LogP) is 4.35. The van der Waals surface area contributed by atoms with Crippen molar-refractivity contribution in [2.45, 2.75) is 0 Å². The number of rotatable bonds is 2. The Morgan fingerprint density at radius 1 is 1.22 bits per heavy atom. The van der Waals surface area contributed by atoms with Crippen LogP contribution in [0.4, 0.5) is 5.69 Å². The Hall–Kier alpha value is -1.70. The molecule has 0 saturated carbocycles. The first-order valence-electron chi connectivity index (χ1n) is 5.02. The molecule has 2 rings (SSSR count). The highest BCUT2D eigenvalue weighted by Gasteiger charge is 2.06. The molecule has 0 bridgehead atoms. The van der Waals surface area contributed by atoms with Gasteiger partial charge in [-0.25, -0.2) is 0 Å². The fraction of sp³-hybridized carbons (Fsp3) is 0. The largest absolute Gasteiger partial charge is 0.456 e. The van der Waals surface area contributed by atoms with Gasteiger partial charge in [-0.15, -0.1) is 0 Å². The molecule has 0 aliphatic rings. The van der Waals surface area contributed by atoms with E-state index in [1.807, 2.05) is 6.07 Å². The lowest BCUT2D eigenvalue weighted by atomic mass is 10.2. The van der Waals surface area contributed by atoms with E-state index < -0.39 is 0 Å². The summed E-state index contributed by atoms with van der Waals surface area (Å²) in [6.07, 6.45) is 0. The van der Waals surface area contributed by atoms with Gasteiger partial charge >= 0.3 is 0 Å². The van der Waals surface area contributed by atoms with Gasteiger partial charge in [0.1, 0.15) is 17.6 Å². The highest BCUT2D eigenvalue weighted by atomic mass is 79.9. The number of nitriles is 1. The average Bonchev–Trinajstić information content (AvgIpc) is 2.27. The van der Waals surface area contributed by atoms with Gasteiger partial charge in [0, 0.05) is 27.3 Å². The zero-order valence-electron chi connectivity index (χ0n) is 9.15. The predicted molar refractivity (Wildman–Crippen MR) is 74.8 cm³/mol. The van der Waals surface area contributed by atoms with Crippen LogP contribution in [0.2, 0.25) is 5.02 Å². The van der Waals surface area contributed by atoms with Crippen LogP contribution in [0.5, 0.6) is 11.5 Å². The molecule has 18 heavy (non-hydrogen) atoms. The van der Waals surface area contributed by atoms with E-state index in [1.54, 1.807) is 36.4 Å². The smallest absolute Gasteiger partial charge is 0.146 e. The molecule has 3 nitrogen and oxygen atoms in total. The number of hydrogen-bond donors (Lipinski definition) is 1. The van der Waals surface area contributed by atoms with Gasteiger partial charge in [-0.05, 0) is 24.3 Å². The number of halogens is 2. The van der Waals surface area contributed by atoms with Crippen molar-refractivity contribution in [2.75, 3.05) is 5.73 Å². The number of nitrogens with zero attached hydrogens (tertiary/aromatic N) is 1. The van der Waals surface area contributed by atoms with E-state index in [1.165, 1.54) is 0 Å². The van der Waals surface area contributed by atoms with Crippen LogP contribution in [0.1, 0.15) is 5.56 Å². The van der Waals surface area contributed by atoms with Crippen molar-refractivity contribution in [3.63, 3.8) is 0 Å². The molecule has 2 aromatic rings. The molecule has 0 saturated heterocycles. The molecule has 0 unspecified atom stereocenters. The summed E-state index contributed by atoms with van der Waals surface area (Å²) in [5, 5.41) is 9.50. The molecule has 0 aromatic heterocycles. The van der Waals surface area contributed by atoms with E-state index >= 15 is 0 Å². The molecule has 0 heterocycles. The standard InChI is InChI=1S/C13H8BrClN2O/c14-9-3-11(17)6-12(4-9)18-13-5-10(15)2-1-8(13)7-16/h1-6H,17H2. The lowest BCUT2D eigenvalue weighted by molar-refractivity contribution is 0.481. The van der Waals surface area contributed by atoms with Crippen LogP contribution < -0.4 is 10.5 Å². The SMILES string of the molecule is N#Cc1ccc(Cl)cc1Oc1cc(N)cc(Br)c1. The number of anilines is 1. The van der Waals surface area contributed by atoms with Crippen molar-refractivity contribution < 1.29 is 4.74 Å². The Morgan fingerprint density at radius 3 is 2.67 bits per heavy atom. The van der Waals surface area contributed by atoms with E-state index in [2.05, 4.69) is 15.9 Å². The Labute approximate surface area is 118 Å². The summed E-state index contributed by atoms with van der Waals surface area (Å²) in [6.45, 7) is 0. The normalized spacial score (nSPS) is 9.83. The highest BCUT2D eigenvalue weighted by Crippen LogP contribution is 2.31. The Kier molecular flexibility index (Phi) is 3.75. The summed E-state index contributed by atoms with van der Waals surface area (Å²) in [7, 11) is 0. The summed E-state index contributed by atoms with van der Waals surface area (Å²) in [5.74, 6) is 0.947. The molecule has 2 N–H and O–H groups in total. The molecule has 0 aliphatic heterocycles. The Bertz CT molecular complexity index is 617. The van der Waals surface area contributed by atoms with Gasteiger partial charge in [-0.2, -0.15) is 5.26 Å². The van der Waals surface area contributed by atoms with Crippen LogP contribution in [-0.4, -0.2) is 0 Å². The van der Waals surface area contributed by atoms with Gasteiger partial charge < -0.3 is 10.5 Å². The monoisotopic (exact) mass is 322 g/mol. The van der Waals surface area contributed by atoms with Crippen molar-refractivity contribution in [3.8, 4) is 17.6 Å². The first kappa shape index (κ1) is 12.7. The summed E-state index contributed by atoms with van der Waals surface area (Å²) in [6, 6.07) is 12.1. The molecule has 0 fully saturated rings. The minimum Gasteiger partial charge on any atom is -0.456 e. The van der Waals surface area contributed by atoms with E-state index in [0.717, 1.165) is 4.47 Å². The van der Waals surface area contributed by atoms with Crippen molar-refractivity contribution >= 4 is 33.2 Å². The van der Waals surface area contributed by atoms with Crippen molar-refractivity contribution in [1.29, 1.82) is 5.26 Å². The third-order valence-corrected chi connectivity index (χ3v) is 2.88. The molecule has 0 spiro atoms. The second-order valence-corrected chi connectivity index (χ2v) is 4.93. The minimum absolute atomic E-state index is 0.405. The number of nitrogens with two attached hydrogens (primary N) is 1. The average molecular weight is 324 g/mol. The minimum atomic E-state index is 0.405. The lowest BCUT2D eigenvalue weighted by Crippen LogP contribution is -1.91. The van der Waals surface area contributed by atoms with E-state index in [0.29, 0.717) is 27.8 Å². The van der Waals surface area contributed by atoms with E-state index in [4.69, 9.17) is 27.3 Å². The first-order valence-corrected chi connectivity index (χ1v) is 6.19. The van der Waals surface area contributed by atoms with Gasteiger partial charge in [0.2, 0.25) is 0 Å². The summed E-state index contributed by atoms with van der Waals surface area (Å²) in [4.78, 5) is 0. The van der Waals surface area contributed by atoms with Crippen molar-refractivity contribution in [3.05, 3.63) is 51.5 Å². The molecule has 0 radical (unpaired) electrons. The van der Waals surface area contributed by atoms with Crippen LogP contribution in [-0.2, 0) is 0 Å². The molecule has 0 aliphatic carbocycles. The summed E-state index contributed by atoms with van der Waals surface area (Å²) in [5.41, 5.74) is 6.70. The fourth-order valence-corrected chi connectivity index (χ4v) is 2.10. The Balaban J connectivity index is 2.39. The van der Waals surface area contributed by atoms with Gasteiger partial charge in [0.15, 0.2) is 0 Å². The number of hydrogen-bond acceptors (Lipinski definition) is 3. The molecule has 2 aromatic carbocycles. The maximum absolute atomic E-state index is 8.99. The summed E-state index contributed by atoms with van der Waals surface area (Å²) >= 11 is 9.20. The number of nitrogen functional groups attached to an aromatic ring is 1. The van der Waals surface area contributed by atoms with Crippen molar-refractivity contribution in [2.24, 2.45) is 0 Å². The molecule has 90 valence electrons. The fourth-order valence-electron chi connectivity index (χ4n) is 1.44. The van der Waals surface area contributed by atoms with Gasteiger partial charge in [0.25, 0.3) is 0 Å². The molecule has 0 amide bonds. The third kappa shape index (κ3) is 2.95. The van der Waals surface area contributed by atoms with E-state index in [9.17, 15) is 0 Å². The van der Waals surface area contributed by atoms with Crippen LogP contribution in [0.25, 0.3) is 0 Å². The van der Waals surface area contributed by atoms with Gasteiger partial charge in [-0.1, -0.05) is 27.5 Å². The quantitative estimate of drug-likeness (QED) is 0.836. The number of ether oxygens (including phenoxy) is 1. The molecular weight excluding hydrogens is 316 g/mol. The van der Waals surface area contributed by atoms with Crippen LogP contribution in [0, 0.1) is 11.3 Å². The van der Waals surface area contributed by atoms with Crippen LogP contribution >= 0.6 is 27.5 Å². The summed E-state index contributed by atoms with van der Waals surface area (Å²) < 4.78 is 6.43. The molecule has 0 atom stereocenters. The number of benzene rings is 2. The van der Waals surface area contributed by atoms with Crippen molar-refractivity contribution in [1.82, 2.24) is 0 Å². The maximum Gasteiger partial charge on any atom is 0.146 e. The zero-order chi connectivity index (χ0) is 13.1. The van der Waals surface area contributed by atoms with E-state index in [-0.39, 0.29) is 0 Å². The maximum atomic E-state index is 8.99. The second kappa shape index (κ2) is 5.30. The second-order valence-electron chi connectivity index (χ2n) is 3.57. The third-order valence-electron chi connectivity index (χ3n) is 2.19. The van der Waals surface area contributed by atoms with Gasteiger partial charge in [0.05, 0.1) is 5.56 Å². The molecule has 5 heteroatoms. The van der Waals surface area contributed by atoms with Crippen LogP contribution in [0.3, 0.4) is 0 Å². The Morgan fingerprint density at radius 2 is 2.00 bits per heavy atom. The topological polar surface area (TPSA) is 59.0 Å². The molecular formula is C13H8BrClN2O. The zero-order valence-corrected chi connectivity index (χ0v) is 11.5. The van der Waals surface area contributed by atoms with Crippen LogP contribution in [0.15, 0.2) is 40.9 Å².